The molecule has 136 valence electrons. The average molecular weight is 354 g/mol. The molecule has 0 radical (unpaired) electrons. The SMILES string of the molecule is CCN(CC1=CN=CCC1)C(=O)/C=C/c1c#cc(OCC(=O)OC)cc1. The van der Waals surface area contributed by atoms with Crippen LogP contribution >= 0.6 is 0 Å². The summed E-state index contributed by atoms with van der Waals surface area (Å²) < 4.78 is 9.70. The molecule has 0 unspecified atom stereocenters. The van der Waals surface area contributed by atoms with E-state index in [1.165, 1.54) is 13.2 Å². The van der Waals surface area contributed by atoms with Crippen molar-refractivity contribution in [2.24, 2.45) is 4.99 Å². The minimum Gasteiger partial charge on any atom is -0.474 e. The summed E-state index contributed by atoms with van der Waals surface area (Å²) in [5.74, 6) is -0.146. The van der Waals surface area contributed by atoms with Crippen molar-refractivity contribution in [3.8, 4) is 5.75 Å². The van der Waals surface area contributed by atoms with E-state index in [-0.39, 0.29) is 12.5 Å². The molecule has 0 bridgehead atoms. The van der Waals surface area contributed by atoms with E-state index < -0.39 is 5.97 Å². The lowest BCUT2D eigenvalue weighted by Crippen LogP contribution is -2.31. The molecule has 0 saturated carbocycles. The molecule has 0 fully saturated rings. The second-order valence-corrected chi connectivity index (χ2v) is 5.61. The molecule has 0 aromatic heterocycles. The van der Waals surface area contributed by atoms with Crippen LogP contribution in [0.1, 0.15) is 25.3 Å². The maximum atomic E-state index is 12.4. The first-order chi connectivity index (χ1) is 12.6. The summed E-state index contributed by atoms with van der Waals surface area (Å²) in [6, 6.07) is 9.07. The Morgan fingerprint density at radius 2 is 2.19 bits per heavy atom. The van der Waals surface area contributed by atoms with Gasteiger partial charge in [-0.3, -0.25) is 9.79 Å². The van der Waals surface area contributed by atoms with Gasteiger partial charge < -0.3 is 14.4 Å². The van der Waals surface area contributed by atoms with Crippen molar-refractivity contribution < 1.29 is 19.1 Å². The maximum absolute atomic E-state index is 12.4. The summed E-state index contributed by atoms with van der Waals surface area (Å²) >= 11 is 0. The minimum atomic E-state index is -0.466. The van der Waals surface area contributed by atoms with Crippen LogP contribution in [0, 0.1) is 12.1 Å². The van der Waals surface area contributed by atoms with E-state index in [9.17, 15) is 9.59 Å². The first kappa shape index (κ1) is 19.3. The van der Waals surface area contributed by atoms with E-state index in [1.54, 1.807) is 23.1 Å². The summed E-state index contributed by atoms with van der Waals surface area (Å²) in [7, 11) is 1.30. The Labute approximate surface area is 153 Å². The first-order valence-electron chi connectivity index (χ1n) is 8.42. The van der Waals surface area contributed by atoms with Crippen LogP contribution in [0.2, 0.25) is 0 Å². The smallest absolute Gasteiger partial charge is 0.343 e. The lowest BCUT2D eigenvalue weighted by Gasteiger charge is -2.21. The Bertz CT molecular complexity index is 705. The fourth-order valence-electron chi connectivity index (χ4n) is 2.28. The number of esters is 1. The van der Waals surface area contributed by atoms with Crippen LogP contribution in [0.3, 0.4) is 0 Å². The molecule has 1 aliphatic heterocycles. The summed E-state index contributed by atoms with van der Waals surface area (Å²) in [6.45, 7) is 2.99. The molecule has 0 atom stereocenters. The van der Waals surface area contributed by atoms with E-state index in [2.05, 4.69) is 21.9 Å². The Morgan fingerprint density at radius 1 is 1.35 bits per heavy atom. The second-order valence-electron chi connectivity index (χ2n) is 5.61. The lowest BCUT2D eigenvalue weighted by molar-refractivity contribution is -0.142. The molecule has 1 aromatic carbocycles. The average Bonchev–Trinajstić information content (AvgIpc) is 2.69. The zero-order valence-electron chi connectivity index (χ0n) is 15.0. The van der Waals surface area contributed by atoms with Crippen molar-refractivity contribution in [1.29, 1.82) is 0 Å². The van der Waals surface area contributed by atoms with Crippen LogP contribution < -0.4 is 4.74 Å². The van der Waals surface area contributed by atoms with Crippen LogP contribution in [0.5, 0.6) is 5.75 Å². The third-order valence-electron chi connectivity index (χ3n) is 3.77. The monoisotopic (exact) mass is 354 g/mol. The molecule has 0 saturated heterocycles. The molecule has 26 heavy (non-hydrogen) atoms. The van der Waals surface area contributed by atoms with Crippen LogP contribution in [-0.2, 0) is 14.3 Å². The third kappa shape index (κ3) is 6.10. The normalized spacial score (nSPS) is 13.1. The highest BCUT2D eigenvalue weighted by Gasteiger charge is 2.11. The zero-order chi connectivity index (χ0) is 18.8. The topological polar surface area (TPSA) is 68.2 Å². The van der Waals surface area contributed by atoms with Crippen molar-refractivity contribution in [2.75, 3.05) is 26.8 Å². The van der Waals surface area contributed by atoms with Crippen LogP contribution in [-0.4, -0.2) is 49.8 Å². The van der Waals surface area contributed by atoms with Gasteiger partial charge in [0.2, 0.25) is 5.91 Å². The number of aliphatic imine (C=N–C) groups is 1. The predicted octanol–water partition coefficient (Wildman–Crippen LogP) is 2.45. The van der Waals surface area contributed by atoms with Crippen molar-refractivity contribution in [3.63, 3.8) is 0 Å². The molecule has 0 N–H and O–H groups in total. The van der Waals surface area contributed by atoms with Crippen molar-refractivity contribution >= 4 is 24.2 Å². The van der Waals surface area contributed by atoms with E-state index >= 15 is 0 Å². The lowest BCUT2D eigenvalue weighted by atomic mass is 10.1. The van der Waals surface area contributed by atoms with Gasteiger partial charge in [-0.1, -0.05) is 6.07 Å². The summed E-state index contributed by atoms with van der Waals surface area (Å²) in [4.78, 5) is 29.3. The number of hydrogen-bond donors (Lipinski definition) is 0. The minimum absolute atomic E-state index is 0.0672. The van der Waals surface area contributed by atoms with Crippen molar-refractivity contribution in [2.45, 2.75) is 19.8 Å². The second kappa shape index (κ2) is 10.0. The molecule has 6 nitrogen and oxygen atoms in total. The van der Waals surface area contributed by atoms with Gasteiger partial charge in [0.25, 0.3) is 0 Å². The van der Waals surface area contributed by atoms with Crippen molar-refractivity contribution in [3.05, 3.63) is 47.7 Å². The van der Waals surface area contributed by atoms with E-state index in [0.29, 0.717) is 24.4 Å². The molecule has 2 rings (SSSR count). The number of carbonyl (C=O) groups is 2. The predicted molar refractivity (Wildman–Crippen MR) is 98.7 cm³/mol. The number of rotatable bonds is 8. The highest BCUT2D eigenvalue weighted by atomic mass is 16.6. The van der Waals surface area contributed by atoms with Crippen LogP contribution in [0.25, 0.3) is 6.08 Å². The molecular formula is C20H22N2O4. The number of carbonyl (C=O) groups excluding carboxylic acids is 2. The highest BCUT2D eigenvalue weighted by molar-refractivity contribution is 5.91. The van der Waals surface area contributed by atoms with Crippen LogP contribution in [0.15, 0.2) is 35.0 Å². The third-order valence-corrected chi connectivity index (χ3v) is 3.77. The largest absolute Gasteiger partial charge is 0.474 e. The standard InChI is InChI=1S/C20H22N2O4/c1-3-22(14-17-5-4-12-21-13-17)19(23)11-8-16-6-9-18(10-7-16)26-15-20(24)25-2/h6,8-9,11-13H,3-5,14-15H2,1-2H3/b11-8+. The molecule has 6 heteroatoms. The molecule has 1 heterocycles. The number of nitrogens with zero attached hydrogens (tertiary/aromatic N) is 2. The molecular weight excluding hydrogens is 332 g/mol. The Hall–Kier alpha value is -3.07. The van der Waals surface area contributed by atoms with E-state index in [1.807, 2.05) is 19.3 Å². The van der Waals surface area contributed by atoms with Gasteiger partial charge in [0.15, 0.2) is 12.4 Å². The quantitative estimate of drug-likeness (QED) is 0.531. The zero-order valence-corrected chi connectivity index (χ0v) is 15.0. The highest BCUT2D eigenvalue weighted by Crippen LogP contribution is 2.12. The Balaban J connectivity index is 1.90. The van der Waals surface area contributed by atoms with Gasteiger partial charge in [-0.2, -0.15) is 0 Å². The molecule has 0 aliphatic carbocycles. The van der Waals surface area contributed by atoms with E-state index in [4.69, 9.17) is 4.74 Å². The number of likely N-dealkylation sites (N-methyl/N-ethyl adjacent to an activating group) is 1. The van der Waals surface area contributed by atoms with Gasteiger partial charge in [0.05, 0.1) is 7.11 Å². The summed E-state index contributed by atoms with van der Waals surface area (Å²) in [5, 5.41) is 0. The van der Waals surface area contributed by atoms with Gasteiger partial charge >= 0.3 is 5.97 Å². The van der Waals surface area contributed by atoms with E-state index in [0.717, 1.165) is 18.4 Å². The van der Waals surface area contributed by atoms with Crippen LogP contribution in [0.4, 0.5) is 0 Å². The van der Waals surface area contributed by atoms with Gasteiger partial charge in [-0.05, 0) is 49.6 Å². The number of ether oxygens (including phenoxy) is 2. The number of amides is 1. The number of methoxy groups -OCH3 is 1. The maximum Gasteiger partial charge on any atom is 0.343 e. The molecule has 0 spiro atoms. The van der Waals surface area contributed by atoms with Gasteiger partial charge in [-0.25, -0.2) is 4.79 Å². The Morgan fingerprint density at radius 3 is 2.81 bits per heavy atom. The molecule has 1 amide bonds. The Kier molecular flexibility index (Phi) is 7.44. The van der Waals surface area contributed by atoms with Gasteiger partial charge in [0.1, 0.15) is 0 Å². The van der Waals surface area contributed by atoms with Gasteiger partial charge in [0, 0.05) is 37.1 Å². The summed E-state index contributed by atoms with van der Waals surface area (Å²) in [6.07, 6.45) is 8.77. The fourth-order valence-corrected chi connectivity index (χ4v) is 2.28. The summed E-state index contributed by atoms with van der Waals surface area (Å²) in [5.41, 5.74) is 1.85. The fraction of sp³-hybridized carbons (Fsp3) is 0.350. The first-order valence-corrected chi connectivity index (χ1v) is 8.42. The van der Waals surface area contributed by atoms with Crippen molar-refractivity contribution in [1.82, 2.24) is 4.90 Å². The molecule has 1 aliphatic rings. The number of hydrogen-bond acceptors (Lipinski definition) is 5. The molecule has 1 aromatic rings. The van der Waals surface area contributed by atoms with Gasteiger partial charge in [-0.15, -0.1) is 0 Å².